The van der Waals surface area contributed by atoms with E-state index in [1.807, 2.05) is 0 Å². The highest BCUT2D eigenvalue weighted by Crippen LogP contribution is 2.92. The van der Waals surface area contributed by atoms with Crippen molar-refractivity contribution < 1.29 is 9.53 Å². The average molecular weight is 424 g/mol. The molecule has 1 atom stereocenters. The van der Waals surface area contributed by atoms with E-state index in [4.69, 9.17) is 16.2 Å². The van der Waals surface area contributed by atoms with Crippen LogP contribution in [0.3, 0.4) is 0 Å². The molecule has 1 aliphatic heterocycles. The quantitative estimate of drug-likeness (QED) is 0.438. The van der Waals surface area contributed by atoms with Gasteiger partial charge in [-0.3, -0.25) is 4.79 Å². The summed E-state index contributed by atoms with van der Waals surface area (Å²) >= 11 is 0. The van der Waals surface area contributed by atoms with Crippen LogP contribution in [-0.2, 0) is 4.74 Å². The van der Waals surface area contributed by atoms with Gasteiger partial charge in [0.1, 0.15) is 17.9 Å². The molecule has 3 saturated carbocycles. The molecule has 1 aromatic rings. The third-order valence-corrected chi connectivity index (χ3v) is 7.89. The first-order chi connectivity index (χ1) is 14.7. The summed E-state index contributed by atoms with van der Waals surface area (Å²) in [5, 5.41) is 3.16. The van der Waals surface area contributed by atoms with Crippen molar-refractivity contribution in [3.05, 3.63) is 41.6 Å². The molecule has 0 saturated heterocycles. The summed E-state index contributed by atoms with van der Waals surface area (Å²) in [7, 11) is 0. The highest BCUT2D eigenvalue weighted by molar-refractivity contribution is 5.98. The van der Waals surface area contributed by atoms with Gasteiger partial charge in [-0.05, 0) is 81.4 Å². The lowest BCUT2D eigenvalue weighted by Crippen LogP contribution is -2.40. The minimum atomic E-state index is -0.484. The van der Waals surface area contributed by atoms with E-state index in [2.05, 4.69) is 42.0 Å². The minimum absolute atomic E-state index is 0.243. The Hall–Kier alpha value is -2.38. The molecule has 1 amide bonds. The average Bonchev–Trinajstić information content (AvgIpc) is 3.62. The van der Waals surface area contributed by atoms with E-state index in [1.165, 1.54) is 31.3 Å². The second kappa shape index (κ2) is 6.81. The zero-order chi connectivity index (χ0) is 22.0. The number of carbonyl (C=O) groups is 1. The summed E-state index contributed by atoms with van der Waals surface area (Å²) in [6.07, 6.45) is 10.8. The summed E-state index contributed by atoms with van der Waals surface area (Å²) in [5.41, 5.74) is 14.4. The number of ether oxygens (including phenoxy) is 1. The second-order valence-corrected chi connectivity index (χ2v) is 10.3. The maximum Gasteiger partial charge on any atom is 0.252 e. The lowest BCUT2D eigenvalue weighted by atomic mass is 10.0. The first-order valence-corrected chi connectivity index (χ1v) is 11.3. The number of amides is 1. The fourth-order valence-corrected chi connectivity index (χ4v) is 6.07. The predicted molar refractivity (Wildman–Crippen MR) is 121 cm³/mol. The Bertz CT molecular complexity index is 956. The van der Waals surface area contributed by atoms with E-state index < -0.39 is 12.1 Å². The zero-order valence-electron chi connectivity index (χ0n) is 18.6. The van der Waals surface area contributed by atoms with Crippen molar-refractivity contribution in [3.63, 3.8) is 0 Å². The van der Waals surface area contributed by atoms with Gasteiger partial charge in [-0.15, -0.1) is 0 Å². The summed E-state index contributed by atoms with van der Waals surface area (Å²) in [4.78, 5) is 18.8. The number of aromatic nitrogens is 1. The smallest absolute Gasteiger partial charge is 0.252 e. The lowest BCUT2D eigenvalue weighted by molar-refractivity contribution is 0.0747. The fourth-order valence-electron chi connectivity index (χ4n) is 6.07. The van der Waals surface area contributed by atoms with Gasteiger partial charge < -0.3 is 26.4 Å². The number of hydrogen-bond donors (Lipinski definition) is 3. The van der Waals surface area contributed by atoms with Gasteiger partial charge in [-0.2, -0.15) is 0 Å². The molecule has 1 unspecified atom stereocenters. The monoisotopic (exact) mass is 423 g/mol. The summed E-state index contributed by atoms with van der Waals surface area (Å²) in [6.45, 7) is 7.75. The van der Waals surface area contributed by atoms with Gasteiger partial charge in [0.2, 0.25) is 0 Å². The fraction of sp³-hybridized carbons (Fsp3) is 0.583. The van der Waals surface area contributed by atoms with Crippen molar-refractivity contribution in [2.45, 2.75) is 58.2 Å². The summed E-state index contributed by atoms with van der Waals surface area (Å²) in [5.74, 6) is 1.45. The number of hydrogen-bond acceptors (Lipinski definition) is 6. The van der Waals surface area contributed by atoms with Gasteiger partial charge in [0, 0.05) is 12.7 Å². The van der Waals surface area contributed by atoms with Crippen LogP contribution in [0.25, 0.3) is 0 Å². The Kier molecular flexibility index (Phi) is 4.51. The third kappa shape index (κ3) is 3.34. The Morgan fingerprint density at radius 3 is 2.55 bits per heavy atom. The molecule has 31 heavy (non-hydrogen) atoms. The molecule has 5 N–H and O–H groups in total. The molecule has 2 heterocycles. The molecule has 7 nitrogen and oxygen atoms in total. The van der Waals surface area contributed by atoms with E-state index in [0.717, 1.165) is 12.5 Å². The first-order valence-electron chi connectivity index (χ1n) is 11.3. The van der Waals surface area contributed by atoms with Crippen LogP contribution >= 0.6 is 0 Å². The summed E-state index contributed by atoms with van der Waals surface area (Å²) in [6, 6.07) is 3.47. The standard InChI is InChI=1S/C24H33N5O2/c1-15-12-22(2,3)29(13-15)21-16(20(26)30)4-5-19(28-21)27-11-6-18(25)31-14-17-23(7-8-23)24(17)9-10-24/h4-6,11-12,17-18H,7-10,13-14,25H2,1-3H3,(H2,26,30)(H,27,28)/b11-6-. The Labute approximate surface area is 183 Å². The van der Waals surface area contributed by atoms with E-state index >= 15 is 0 Å². The maximum absolute atomic E-state index is 12.0. The van der Waals surface area contributed by atoms with Crippen molar-refractivity contribution in [2.24, 2.45) is 28.2 Å². The van der Waals surface area contributed by atoms with Crippen LogP contribution in [0.1, 0.15) is 56.8 Å². The number of nitrogens with one attached hydrogen (secondary N) is 1. The van der Waals surface area contributed by atoms with Gasteiger partial charge in [0.25, 0.3) is 5.91 Å². The number of primary amides is 1. The number of fused-ring (bicyclic) bond motifs is 1. The lowest BCUT2D eigenvalue weighted by Gasteiger charge is -2.33. The van der Waals surface area contributed by atoms with E-state index in [0.29, 0.717) is 34.6 Å². The van der Waals surface area contributed by atoms with E-state index in [-0.39, 0.29) is 5.54 Å². The summed E-state index contributed by atoms with van der Waals surface area (Å²) < 4.78 is 5.90. The molecule has 0 bridgehead atoms. The molecular formula is C24H33N5O2. The minimum Gasteiger partial charge on any atom is -0.365 e. The normalized spacial score (nSPS) is 25.2. The Morgan fingerprint density at radius 2 is 2.00 bits per heavy atom. The van der Waals surface area contributed by atoms with Gasteiger partial charge in [0.05, 0.1) is 17.7 Å². The van der Waals surface area contributed by atoms with Crippen molar-refractivity contribution in [2.75, 3.05) is 23.4 Å². The topological polar surface area (TPSA) is 106 Å². The molecule has 2 spiro atoms. The molecule has 7 heteroatoms. The van der Waals surface area contributed by atoms with Crippen molar-refractivity contribution >= 4 is 17.5 Å². The van der Waals surface area contributed by atoms with Crippen molar-refractivity contribution in [1.29, 1.82) is 0 Å². The largest absolute Gasteiger partial charge is 0.365 e. The second-order valence-electron chi connectivity index (χ2n) is 10.3. The Balaban J connectivity index is 1.22. The molecule has 166 valence electrons. The van der Waals surface area contributed by atoms with E-state index in [9.17, 15) is 4.79 Å². The molecule has 3 fully saturated rings. The molecule has 5 rings (SSSR count). The number of nitrogens with two attached hydrogens (primary N) is 2. The molecule has 0 radical (unpaired) electrons. The Morgan fingerprint density at radius 1 is 1.32 bits per heavy atom. The predicted octanol–water partition coefficient (Wildman–Crippen LogP) is 3.14. The van der Waals surface area contributed by atoms with Crippen molar-refractivity contribution in [1.82, 2.24) is 4.98 Å². The van der Waals surface area contributed by atoms with Crippen LogP contribution in [-0.4, -0.2) is 35.8 Å². The highest BCUT2D eigenvalue weighted by Gasteiger charge is 2.86. The van der Waals surface area contributed by atoms with E-state index in [1.54, 1.807) is 24.4 Å². The zero-order valence-corrected chi connectivity index (χ0v) is 18.6. The molecule has 1 aromatic heterocycles. The van der Waals surface area contributed by atoms with Crippen LogP contribution < -0.4 is 21.7 Å². The third-order valence-electron chi connectivity index (χ3n) is 7.89. The highest BCUT2D eigenvalue weighted by atomic mass is 16.5. The van der Waals surface area contributed by atoms with Crippen LogP contribution in [0.15, 0.2) is 36.1 Å². The number of carbonyl (C=O) groups excluding carboxylic acids is 1. The SMILES string of the molecule is CC1=CC(C)(C)N(c2nc(N/C=C\C(N)OCC3C4(CC4)C34CC4)ccc2C(N)=O)C1. The van der Waals surface area contributed by atoms with Crippen LogP contribution in [0.2, 0.25) is 0 Å². The number of pyridine rings is 1. The number of rotatable bonds is 8. The van der Waals surface area contributed by atoms with Crippen LogP contribution in [0.4, 0.5) is 11.6 Å². The van der Waals surface area contributed by atoms with Gasteiger partial charge >= 0.3 is 0 Å². The van der Waals surface area contributed by atoms with Gasteiger partial charge in [0.15, 0.2) is 0 Å². The van der Waals surface area contributed by atoms with Gasteiger partial charge in [-0.25, -0.2) is 4.98 Å². The molecule has 0 aromatic carbocycles. The molecule has 3 aliphatic carbocycles. The molecular weight excluding hydrogens is 390 g/mol. The van der Waals surface area contributed by atoms with Crippen LogP contribution in [0, 0.1) is 16.7 Å². The van der Waals surface area contributed by atoms with Crippen molar-refractivity contribution in [3.8, 4) is 0 Å². The van der Waals surface area contributed by atoms with Gasteiger partial charge in [-0.1, -0.05) is 11.6 Å². The van der Waals surface area contributed by atoms with Crippen LogP contribution in [0.5, 0.6) is 0 Å². The number of nitrogens with zero attached hydrogens (tertiary/aromatic N) is 2. The first kappa shape index (κ1) is 20.5. The maximum atomic E-state index is 12.0. The number of anilines is 2. The molecule has 4 aliphatic rings.